The van der Waals surface area contributed by atoms with Crippen molar-refractivity contribution in [1.29, 1.82) is 0 Å². The van der Waals surface area contributed by atoms with E-state index in [2.05, 4.69) is 17.0 Å². The third kappa shape index (κ3) is 4.16. The van der Waals surface area contributed by atoms with Crippen molar-refractivity contribution in [2.45, 2.75) is 44.4 Å². The summed E-state index contributed by atoms with van der Waals surface area (Å²) < 4.78 is 33.3. The molecule has 0 amide bonds. The molecular formula is C19H26N4O3S2. The molecule has 2 heterocycles. The number of ether oxygens (including phenoxy) is 1. The predicted molar refractivity (Wildman–Crippen MR) is 110 cm³/mol. The molecule has 1 saturated heterocycles. The van der Waals surface area contributed by atoms with Crippen molar-refractivity contribution in [3.05, 3.63) is 40.4 Å². The van der Waals surface area contributed by atoms with E-state index < -0.39 is 9.84 Å². The van der Waals surface area contributed by atoms with E-state index in [0.717, 1.165) is 18.1 Å². The van der Waals surface area contributed by atoms with Gasteiger partial charge in [0.2, 0.25) is 0 Å². The third-order valence-electron chi connectivity index (χ3n) is 5.60. The minimum Gasteiger partial charge on any atom is -0.497 e. The molecule has 152 valence electrons. The Bertz CT molecular complexity index is 1010. The number of aromatic nitrogens is 3. The Morgan fingerprint density at radius 2 is 1.96 bits per heavy atom. The topological polar surface area (TPSA) is 69.4 Å². The maximum atomic E-state index is 11.9. The summed E-state index contributed by atoms with van der Waals surface area (Å²) >= 11 is 5.60. The van der Waals surface area contributed by atoms with Crippen LogP contribution in [-0.2, 0) is 30.1 Å². The predicted octanol–water partition coefficient (Wildman–Crippen LogP) is 2.48. The summed E-state index contributed by atoms with van der Waals surface area (Å²) in [5.41, 5.74) is 1.22. The first-order valence-corrected chi connectivity index (χ1v) is 11.8. The van der Waals surface area contributed by atoms with E-state index >= 15 is 0 Å². The van der Waals surface area contributed by atoms with Gasteiger partial charge in [-0.3, -0.25) is 4.90 Å². The lowest BCUT2D eigenvalue weighted by Crippen LogP contribution is -2.29. The van der Waals surface area contributed by atoms with Crippen molar-refractivity contribution in [3.63, 3.8) is 0 Å². The standard InChI is InChI=1S/C19H26N4O3S2/c1-21-18(15-9-10-28(24,25)12-15)20-23(19(21)27)13-22(16-5-6-16)11-14-3-7-17(26-2)8-4-14/h3-4,7-8,15-16H,5-6,9-13H2,1-2H3. The summed E-state index contributed by atoms with van der Waals surface area (Å²) in [6, 6.07) is 8.67. The van der Waals surface area contributed by atoms with E-state index in [1.165, 1.54) is 18.4 Å². The fourth-order valence-electron chi connectivity index (χ4n) is 3.82. The van der Waals surface area contributed by atoms with Gasteiger partial charge in [-0.05, 0) is 49.2 Å². The zero-order chi connectivity index (χ0) is 19.9. The van der Waals surface area contributed by atoms with Crippen molar-refractivity contribution >= 4 is 22.1 Å². The molecule has 1 aromatic carbocycles. The highest BCUT2D eigenvalue weighted by atomic mass is 32.2. The molecule has 28 heavy (non-hydrogen) atoms. The van der Waals surface area contributed by atoms with Gasteiger partial charge >= 0.3 is 0 Å². The highest BCUT2D eigenvalue weighted by molar-refractivity contribution is 7.91. The fourth-order valence-corrected chi connectivity index (χ4v) is 5.75. The second kappa shape index (κ2) is 7.61. The summed E-state index contributed by atoms with van der Waals surface area (Å²) in [5.74, 6) is 1.98. The van der Waals surface area contributed by atoms with Gasteiger partial charge in [0.1, 0.15) is 11.6 Å². The van der Waals surface area contributed by atoms with Crippen LogP contribution in [0.1, 0.15) is 36.6 Å². The van der Waals surface area contributed by atoms with Gasteiger partial charge in [0.25, 0.3) is 0 Å². The second-order valence-corrected chi connectivity index (χ2v) is 10.4. The van der Waals surface area contributed by atoms with Gasteiger partial charge in [-0.25, -0.2) is 13.1 Å². The lowest BCUT2D eigenvalue weighted by molar-refractivity contribution is 0.186. The van der Waals surface area contributed by atoms with Gasteiger partial charge in [0.15, 0.2) is 14.6 Å². The Balaban J connectivity index is 1.53. The maximum Gasteiger partial charge on any atom is 0.198 e. The molecular weight excluding hydrogens is 396 g/mol. The normalized spacial score (nSPS) is 21.3. The van der Waals surface area contributed by atoms with Crippen molar-refractivity contribution in [2.75, 3.05) is 18.6 Å². The molecule has 1 unspecified atom stereocenters. The van der Waals surface area contributed by atoms with E-state index in [-0.39, 0.29) is 17.4 Å². The van der Waals surface area contributed by atoms with Gasteiger partial charge in [0.05, 0.1) is 25.3 Å². The highest BCUT2D eigenvalue weighted by Crippen LogP contribution is 2.30. The summed E-state index contributed by atoms with van der Waals surface area (Å²) in [5, 5.41) is 4.73. The molecule has 1 aromatic heterocycles. The monoisotopic (exact) mass is 422 g/mol. The van der Waals surface area contributed by atoms with Crippen molar-refractivity contribution in [1.82, 2.24) is 19.2 Å². The molecule has 0 spiro atoms. The minimum atomic E-state index is -2.95. The van der Waals surface area contributed by atoms with E-state index in [1.54, 1.807) is 7.11 Å². The molecule has 4 rings (SSSR count). The summed E-state index contributed by atoms with van der Waals surface area (Å²) in [6.45, 7) is 1.43. The molecule has 2 fully saturated rings. The summed E-state index contributed by atoms with van der Waals surface area (Å²) in [4.78, 5) is 2.39. The third-order valence-corrected chi connectivity index (χ3v) is 7.85. The van der Waals surface area contributed by atoms with Crippen molar-refractivity contribution in [2.24, 2.45) is 7.05 Å². The van der Waals surface area contributed by atoms with Gasteiger partial charge in [-0.2, -0.15) is 5.10 Å². The first-order chi connectivity index (χ1) is 13.4. The fraction of sp³-hybridized carbons (Fsp3) is 0.579. The molecule has 1 atom stereocenters. The van der Waals surface area contributed by atoms with Crippen LogP contribution < -0.4 is 4.74 Å². The van der Waals surface area contributed by atoms with Crippen molar-refractivity contribution < 1.29 is 13.2 Å². The highest BCUT2D eigenvalue weighted by Gasteiger charge is 2.33. The molecule has 7 nitrogen and oxygen atoms in total. The van der Waals surface area contributed by atoms with Gasteiger partial charge in [-0.15, -0.1) is 0 Å². The molecule has 0 bridgehead atoms. The Labute approximate surface area is 170 Å². The summed E-state index contributed by atoms with van der Waals surface area (Å²) in [7, 11) is 0.600. The summed E-state index contributed by atoms with van der Waals surface area (Å²) in [6.07, 6.45) is 2.99. The molecule has 1 saturated carbocycles. The molecule has 2 aliphatic rings. The van der Waals surface area contributed by atoms with Crippen LogP contribution in [-0.4, -0.2) is 52.3 Å². The van der Waals surface area contributed by atoms with Gasteiger partial charge < -0.3 is 9.30 Å². The molecule has 2 aromatic rings. The van der Waals surface area contributed by atoms with Gasteiger partial charge in [-0.1, -0.05) is 12.1 Å². The Hall–Kier alpha value is -1.71. The zero-order valence-corrected chi connectivity index (χ0v) is 17.9. The second-order valence-electron chi connectivity index (χ2n) is 7.77. The lowest BCUT2D eigenvalue weighted by Gasteiger charge is -2.22. The number of rotatable bonds is 7. The van der Waals surface area contributed by atoms with Crippen LogP contribution in [0.5, 0.6) is 5.75 Å². The van der Waals surface area contributed by atoms with Crippen LogP contribution in [0.4, 0.5) is 0 Å². The minimum absolute atomic E-state index is 0.0612. The van der Waals surface area contributed by atoms with Crippen LogP contribution in [0.25, 0.3) is 0 Å². The average molecular weight is 423 g/mol. The smallest absolute Gasteiger partial charge is 0.198 e. The number of nitrogens with zero attached hydrogens (tertiary/aromatic N) is 4. The van der Waals surface area contributed by atoms with E-state index in [0.29, 0.717) is 23.9 Å². The molecule has 1 aliphatic heterocycles. The molecule has 0 N–H and O–H groups in total. The first-order valence-electron chi connectivity index (χ1n) is 9.57. The quantitative estimate of drug-likeness (QED) is 0.639. The largest absolute Gasteiger partial charge is 0.497 e. The van der Waals surface area contributed by atoms with Gasteiger partial charge in [0, 0.05) is 25.6 Å². The Kier molecular flexibility index (Phi) is 5.32. The lowest BCUT2D eigenvalue weighted by atomic mass is 10.1. The van der Waals surface area contributed by atoms with Crippen molar-refractivity contribution in [3.8, 4) is 5.75 Å². The van der Waals surface area contributed by atoms with E-state index in [1.807, 2.05) is 28.4 Å². The Morgan fingerprint density at radius 1 is 1.25 bits per heavy atom. The number of methoxy groups -OCH3 is 1. The van der Waals surface area contributed by atoms with Crippen LogP contribution in [0.15, 0.2) is 24.3 Å². The van der Waals surface area contributed by atoms with Crippen LogP contribution in [0.2, 0.25) is 0 Å². The molecule has 1 aliphatic carbocycles. The number of hydrogen-bond donors (Lipinski definition) is 0. The average Bonchev–Trinajstić information content (AvgIpc) is 3.41. The maximum absolute atomic E-state index is 11.9. The molecule has 9 heteroatoms. The number of sulfone groups is 1. The van der Waals surface area contributed by atoms with Crippen LogP contribution in [0, 0.1) is 4.77 Å². The number of benzene rings is 1. The van der Waals surface area contributed by atoms with E-state index in [9.17, 15) is 8.42 Å². The number of hydrogen-bond acceptors (Lipinski definition) is 6. The van der Waals surface area contributed by atoms with E-state index in [4.69, 9.17) is 22.1 Å². The van der Waals surface area contributed by atoms with Crippen LogP contribution in [0.3, 0.4) is 0 Å². The zero-order valence-electron chi connectivity index (χ0n) is 16.2. The molecule has 0 radical (unpaired) electrons. The first kappa shape index (κ1) is 19.6. The Morgan fingerprint density at radius 3 is 2.54 bits per heavy atom. The van der Waals surface area contributed by atoms with Crippen LogP contribution >= 0.6 is 12.2 Å². The SMILES string of the molecule is COc1ccc(CN(Cn2nc(C3CCS(=O)(=O)C3)n(C)c2=S)C2CC2)cc1.